The average Bonchev–Trinajstić information content (AvgIpc) is 3.62. The molecule has 3 saturated carbocycles. The van der Waals surface area contributed by atoms with Crippen LogP contribution in [0, 0.1) is 17.0 Å². The highest BCUT2D eigenvalue weighted by Crippen LogP contribution is 2.74. The lowest BCUT2D eigenvalue weighted by atomic mass is 9.33. The molecule has 0 unspecified atom stereocenters. The van der Waals surface area contributed by atoms with Crippen molar-refractivity contribution in [2.24, 2.45) is 5.41 Å². The molecule has 3 fully saturated rings. The van der Waals surface area contributed by atoms with Crippen LogP contribution >= 0.6 is 11.3 Å². The quantitative estimate of drug-likeness (QED) is 0.201. The molecule has 4 heterocycles. The number of nitrogens with zero attached hydrogens (tertiary/aromatic N) is 4. The van der Waals surface area contributed by atoms with E-state index in [9.17, 15) is 14.0 Å². The van der Waals surface area contributed by atoms with Crippen LogP contribution < -0.4 is 10.1 Å². The fraction of sp³-hybridized carbons (Fsp3) is 0.394. The van der Waals surface area contributed by atoms with E-state index in [1.54, 1.807) is 11.9 Å². The van der Waals surface area contributed by atoms with Crippen LogP contribution in [0.2, 0.25) is 0 Å². The molecule has 45 heavy (non-hydrogen) atoms. The summed E-state index contributed by atoms with van der Waals surface area (Å²) in [5, 5.41) is 10.5. The number of thiophene rings is 1. The summed E-state index contributed by atoms with van der Waals surface area (Å²) < 4.78 is 44.2. The zero-order chi connectivity index (χ0) is 31.7. The van der Waals surface area contributed by atoms with Gasteiger partial charge in [0.15, 0.2) is 0 Å². The van der Waals surface area contributed by atoms with E-state index in [1.165, 1.54) is 30.6 Å². The van der Waals surface area contributed by atoms with Crippen molar-refractivity contribution in [3.8, 4) is 28.3 Å². The number of pyridine rings is 1. The van der Waals surface area contributed by atoms with E-state index < -0.39 is 11.6 Å². The maximum atomic E-state index is 16.0. The molecule has 2 amide bonds. The number of hydrogen-bond acceptors (Lipinski definition) is 7. The molecule has 234 valence electrons. The molecule has 4 aliphatic rings. The van der Waals surface area contributed by atoms with Gasteiger partial charge in [-0.2, -0.15) is 5.10 Å². The van der Waals surface area contributed by atoms with E-state index >= 15 is 4.39 Å². The van der Waals surface area contributed by atoms with Gasteiger partial charge in [-0.25, -0.2) is 13.8 Å². The second kappa shape index (κ2) is 10.7. The highest BCUT2D eigenvalue weighted by Gasteiger charge is 2.72. The second-order valence-electron chi connectivity index (χ2n) is 12.3. The van der Waals surface area contributed by atoms with Crippen molar-refractivity contribution in [3.05, 3.63) is 65.3 Å². The molecule has 8 rings (SSSR count). The third-order valence-electron chi connectivity index (χ3n) is 9.53. The second-order valence-corrected chi connectivity index (χ2v) is 13.3. The third-order valence-corrected chi connectivity index (χ3v) is 10.5. The molecule has 0 saturated heterocycles. The number of benzene rings is 1. The van der Waals surface area contributed by atoms with Gasteiger partial charge in [0.25, 0.3) is 0 Å². The zero-order valence-corrected chi connectivity index (χ0v) is 26.1. The van der Waals surface area contributed by atoms with Gasteiger partial charge in [-0.1, -0.05) is 6.58 Å². The number of aromatic nitrogens is 3. The first-order valence-electron chi connectivity index (χ1n) is 14.9. The lowest BCUT2D eigenvalue weighted by Crippen LogP contribution is -2.70. The number of rotatable bonds is 9. The minimum Gasteiger partial charge on any atom is -0.490 e. The molecule has 0 radical (unpaired) electrons. The van der Waals surface area contributed by atoms with E-state index in [0.717, 1.165) is 27.5 Å². The summed E-state index contributed by atoms with van der Waals surface area (Å²) in [6, 6.07) is 5.77. The number of carbonyl (C=O) groups is 2. The fourth-order valence-electron chi connectivity index (χ4n) is 7.48. The lowest BCUT2D eigenvalue weighted by Gasteiger charge is -2.69. The molecule has 3 aromatic heterocycles. The van der Waals surface area contributed by atoms with Crippen LogP contribution in [0.25, 0.3) is 32.6 Å². The van der Waals surface area contributed by atoms with Crippen molar-refractivity contribution in [1.29, 1.82) is 0 Å². The Balaban J connectivity index is 1.43. The molecule has 4 aromatic rings. The molecule has 1 aromatic carbocycles. The molecule has 12 heteroatoms. The van der Waals surface area contributed by atoms with E-state index in [4.69, 9.17) is 19.6 Å². The number of fused-ring (bicyclic) bond motifs is 2. The van der Waals surface area contributed by atoms with Gasteiger partial charge in [-0.3, -0.25) is 14.3 Å². The predicted molar refractivity (Wildman–Crippen MR) is 166 cm³/mol. The van der Waals surface area contributed by atoms with Crippen LogP contribution in [0.4, 0.5) is 8.78 Å². The normalized spacial score (nSPS) is 23.2. The molecule has 0 spiro atoms. The van der Waals surface area contributed by atoms with Crippen LogP contribution in [-0.2, 0) is 32.8 Å². The Kier molecular flexibility index (Phi) is 7.05. The van der Waals surface area contributed by atoms with Crippen molar-refractivity contribution in [3.63, 3.8) is 0 Å². The fourth-order valence-corrected chi connectivity index (χ4v) is 8.43. The van der Waals surface area contributed by atoms with Crippen molar-refractivity contribution >= 4 is 33.2 Å². The Labute approximate surface area is 262 Å². The number of halogens is 2. The van der Waals surface area contributed by atoms with Crippen LogP contribution in [0.1, 0.15) is 37.6 Å². The molecule has 9 nitrogen and oxygen atoms in total. The SMILES string of the molecule is C=CC(=O)N1Cc2cc(-c3nc(C45CC(C(=O)NC)(C4)C5)c4ccsc4c3-c3c(F)cc(F)cc3OCCOC)nn2C[C@H]1C. The largest absolute Gasteiger partial charge is 0.490 e. The minimum absolute atomic E-state index is 0.0412. The number of nitrogens with one attached hydrogen (secondary N) is 1. The van der Waals surface area contributed by atoms with Crippen LogP contribution in [-0.4, -0.2) is 64.9 Å². The number of methoxy groups -OCH3 is 1. The highest BCUT2D eigenvalue weighted by atomic mass is 32.1. The van der Waals surface area contributed by atoms with Crippen molar-refractivity contribution in [2.45, 2.75) is 50.7 Å². The molecule has 1 atom stereocenters. The summed E-state index contributed by atoms with van der Waals surface area (Å²) in [7, 11) is 3.18. The van der Waals surface area contributed by atoms with E-state index in [0.29, 0.717) is 49.3 Å². The molecular formula is C33H33F2N5O4S. The van der Waals surface area contributed by atoms with Gasteiger partial charge in [-0.15, -0.1) is 11.3 Å². The molecule has 3 aliphatic carbocycles. The molecule has 1 aliphatic heterocycles. The Morgan fingerprint density at radius 1 is 1.20 bits per heavy atom. The summed E-state index contributed by atoms with van der Waals surface area (Å²) in [5.74, 6) is -1.62. The van der Waals surface area contributed by atoms with E-state index in [-0.39, 0.29) is 53.2 Å². The number of carbonyl (C=O) groups excluding carboxylic acids is 2. The molecule has 1 N–H and O–H groups in total. The van der Waals surface area contributed by atoms with Crippen molar-refractivity contribution in [1.82, 2.24) is 25.0 Å². The molecule has 2 bridgehead atoms. The van der Waals surface area contributed by atoms with Gasteiger partial charge in [0, 0.05) is 53.4 Å². The Hall–Kier alpha value is -4.16. The van der Waals surface area contributed by atoms with Crippen LogP contribution in [0.15, 0.2) is 42.3 Å². The highest BCUT2D eigenvalue weighted by molar-refractivity contribution is 7.17. The van der Waals surface area contributed by atoms with Crippen molar-refractivity contribution < 1.29 is 27.8 Å². The van der Waals surface area contributed by atoms with Gasteiger partial charge in [0.05, 0.1) is 42.1 Å². The van der Waals surface area contributed by atoms with Gasteiger partial charge in [0.1, 0.15) is 35.4 Å². The van der Waals surface area contributed by atoms with Crippen molar-refractivity contribution in [2.75, 3.05) is 27.4 Å². The smallest absolute Gasteiger partial charge is 0.246 e. The van der Waals surface area contributed by atoms with Crippen LogP contribution in [0.3, 0.4) is 0 Å². The Morgan fingerprint density at radius 3 is 2.69 bits per heavy atom. The molecular weight excluding hydrogens is 600 g/mol. The number of amides is 2. The monoisotopic (exact) mass is 633 g/mol. The maximum absolute atomic E-state index is 16.0. The Bertz CT molecular complexity index is 1860. The topological polar surface area (TPSA) is 98.6 Å². The van der Waals surface area contributed by atoms with E-state index in [2.05, 4.69) is 11.9 Å². The van der Waals surface area contributed by atoms with Gasteiger partial charge >= 0.3 is 0 Å². The zero-order valence-electron chi connectivity index (χ0n) is 25.3. The lowest BCUT2D eigenvalue weighted by molar-refractivity contribution is -0.176. The Morgan fingerprint density at radius 2 is 1.98 bits per heavy atom. The first kappa shape index (κ1) is 29.5. The summed E-state index contributed by atoms with van der Waals surface area (Å²) in [6.07, 6.45) is 3.35. The van der Waals surface area contributed by atoms with Crippen LogP contribution in [0.5, 0.6) is 5.75 Å². The standard InChI is InChI=1S/C33H33F2N5O4S/c1-5-25(41)39-14-20-12-23(38-40(20)13-18(39)2)28-27(26-22(35)10-19(34)11-24(26)44-8-7-43-4)29-21(6-9-45-29)30(37-28)32-15-33(16-32,17-32)31(42)36-3/h5-6,9-12,18H,1,7-8,13-17H2,2-4H3,(H,36,42)/t18-,32?,33?/m1/s1. The van der Waals surface area contributed by atoms with Gasteiger partial charge in [-0.05, 0) is 49.8 Å². The third kappa shape index (κ3) is 4.48. The van der Waals surface area contributed by atoms with Gasteiger partial charge < -0.3 is 19.7 Å². The predicted octanol–water partition coefficient (Wildman–Crippen LogP) is 5.21. The number of ether oxygens (including phenoxy) is 2. The number of hydrogen-bond donors (Lipinski definition) is 1. The average molecular weight is 634 g/mol. The summed E-state index contributed by atoms with van der Waals surface area (Å²) in [5.41, 5.74) is 2.51. The first-order chi connectivity index (χ1) is 21.6. The maximum Gasteiger partial charge on any atom is 0.246 e. The summed E-state index contributed by atoms with van der Waals surface area (Å²) in [4.78, 5) is 32.2. The van der Waals surface area contributed by atoms with Gasteiger partial charge in [0.2, 0.25) is 11.8 Å². The summed E-state index contributed by atoms with van der Waals surface area (Å²) >= 11 is 1.44. The summed E-state index contributed by atoms with van der Waals surface area (Å²) in [6.45, 7) is 6.71. The van der Waals surface area contributed by atoms with E-state index in [1.807, 2.05) is 29.1 Å². The first-order valence-corrected chi connectivity index (χ1v) is 15.8. The minimum atomic E-state index is -0.780.